The maximum absolute atomic E-state index is 8.70. The van der Waals surface area contributed by atoms with Gasteiger partial charge in [-0.3, -0.25) is 4.68 Å². The number of aromatic nitrogens is 2. The summed E-state index contributed by atoms with van der Waals surface area (Å²) in [5.41, 5.74) is 1.18. The van der Waals surface area contributed by atoms with Crippen molar-refractivity contribution in [1.29, 1.82) is 0 Å². The molecule has 0 saturated heterocycles. The summed E-state index contributed by atoms with van der Waals surface area (Å²) in [6, 6.07) is 2.77. The lowest BCUT2D eigenvalue weighted by molar-refractivity contribution is 0.284. The van der Waals surface area contributed by atoms with E-state index >= 15 is 0 Å². The normalized spacial score (nSPS) is 17.4. The zero-order chi connectivity index (χ0) is 10.5. The van der Waals surface area contributed by atoms with Gasteiger partial charge in [-0.15, -0.1) is 0 Å². The van der Waals surface area contributed by atoms with Crippen LogP contribution < -0.4 is 0 Å². The van der Waals surface area contributed by atoms with Gasteiger partial charge in [0.15, 0.2) is 0 Å². The third kappa shape index (κ3) is 2.81. The summed E-state index contributed by atoms with van der Waals surface area (Å²) >= 11 is 0. The van der Waals surface area contributed by atoms with Gasteiger partial charge in [-0.25, -0.2) is 0 Å². The molecule has 0 unspecified atom stereocenters. The summed E-state index contributed by atoms with van der Waals surface area (Å²) in [4.78, 5) is 0. The summed E-state index contributed by atoms with van der Waals surface area (Å²) in [6.45, 7) is 0.295. The molecule has 15 heavy (non-hydrogen) atoms. The third-order valence-electron chi connectivity index (χ3n) is 3.20. The molecule has 1 aromatic rings. The molecular weight excluding hydrogens is 188 g/mol. The smallest absolute Gasteiger partial charge is 0.0624 e. The van der Waals surface area contributed by atoms with Crippen LogP contribution in [-0.4, -0.2) is 21.5 Å². The molecule has 0 atom stereocenters. The second kappa shape index (κ2) is 5.31. The Morgan fingerprint density at radius 3 is 2.87 bits per heavy atom. The Bertz CT molecular complexity index is 290. The highest BCUT2D eigenvalue weighted by Crippen LogP contribution is 2.28. The van der Waals surface area contributed by atoms with Gasteiger partial charge in [-0.1, -0.05) is 12.8 Å². The molecule has 0 aromatic carbocycles. The Morgan fingerprint density at radius 1 is 1.33 bits per heavy atom. The standard InChI is InChI=1S/C12H20N2O/c15-10-4-3-5-11-8-9-14(13-11)12-6-1-2-7-12/h8-9,12,15H,1-7,10H2. The highest BCUT2D eigenvalue weighted by Gasteiger charge is 2.17. The molecule has 1 heterocycles. The molecule has 3 nitrogen and oxygen atoms in total. The number of rotatable bonds is 5. The molecule has 1 saturated carbocycles. The van der Waals surface area contributed by atoms with Crippen molar-refractivity contribution in [2.45, 2.75) is 51.0 Å². The Labute approximate surface area is 91.1 Å². The van der Waals surface area contributed by atoms with Crippen LogP contribution >= 0.6 is 0 Å². The second-order valence-corrected chi connectivity index (χ2v) is 4.41. The molecule has 0 amide bonds. The van der Waals surface area contributed by atoms with E-state index in [1.54, 1.807) is 0 Å². The number of aliphatic hydroxyl groups is 1. The maximum atomic E-state index is 8.70. The van der Waals surface area contributed by atoms with Crippen molar-refractivity contribution in [2.24, 2.45) is 0 Å². The third-order valence-corrected chi connectivity index (χ3v) is 3.20. The van der Waals surface area contributed by atoms with Crippen LogP contribution in [0.3, 0.4) is 0 Å². The molecule has 1 fully saturated rings. The number of aryl methyl sites for hydroxylation is 1. The molecule has 0 bridgehead atoms. The van der Waals surface area contributed by atoms with Crippen molar-refractivity contribution in [1.82, 2.24) is 9.78 Å². The topological polar surface area (TPSA) is 38.0 Å². The average Bonchev–Trinajstić information content (AvgIpc) is 2.87. The summed E-state index contributed by atoms with van der Waals surface area (Å²) in [5, 5.41) is 13.3. The van der Waals surface area contributed by atoms with Crippen molar-refractivity contribution in [3.63, 3.8) is 0 Å². The molecule has 0 spiro atoms. The lowest BCUT2D eigenvalue weighted by Crippen LogP contribution is -2.05. The highest BCUT2D eigenvalue weighted by molar-refractivity contribution is 5.00. The minimum Gasteiger partial charge on any atom is -0.396 e. The first kappa shape index (κ1) is 10.7. The largest absolute Gasteiger partial charge is 0.396 e. The molecule has 2 rings (SSSR count). The van der Waals surface area contributed by atoms with Crippen LogP contribution in [0.1, 0.15) is 50.3 Å². The van der Waals surface area contributed by atoms with E-state index in [2.05, 4.69) is 22.0 Å². The van der Waals surface area contributed by atoms with Crippen molar-refractivity contribution >= 4 is 0 Å². The fraction of sp³-hybridized carbons (Fsp3) is 0.750. The fourth-order valence-electron chi connectivity index (χ4n) is 2.30. The van der Waals surface area contributed by atoms with E-state index in [1.807, 2.05) is 0 Å². The van der Waals surface area contributed by atoms with Crippen molar-refractivity contribution in [3.05, 3.63) is 18.0 Å². The van der Waals surface area contributed by atoms with Gasteiger partial charge in [0.05, 0.1) is 11.7 Å². The maximum Gasteiger partial charge on any atom is 0.0624 e. The summed E-state index contributed by atoms with van der Waals surface area (Å²) in [7, 11) is 0. The van der Waals surface area contributed by atoms with Gasteiger partial charge in [0.2, 0.25) is 0 Å². The van der Waals surface area contributed by atoms with Crippen LogP contribution in [0.15, 0.2) is 12.3 Å². The molecule has 1 aliphatic carbocycles. The Kier molecular flexibility index (Phi) is 3.78. The first-order chi connectivity index (χ1) is 7.40. The van der Waals surface area contributed by atoms with E-state index in [1.165, 1.54) is 31.4 Å². The first-order valence-corrected chi connectivity index (χ1v) is 6.05. The Morgan fingerprint density at radius 2 is 2.13 bits per heavy atom. The molecule has 0 aliphatic heterocycles. The Balaban J connectivity index is 1.86. The number of aliphatic hydroxyl groups excluding tert-OH is 1. The molecule has 1 aromatic heterocycles. The van der Waals surface area contributed by atoms with Crippen LogP contribution in [-0.2, 0) is 6.42 Å². The molecule has 3 heteroatoms. The van der Waals surface area contributed by atoms with Gasteiger partial charge < -0.3 is 5.11 Å². The molecular formula is C12H20N2O. The monoisotopic (exact) mass is 208 g/mol. The number of hydrogen-bond acceptors (Lipinski definition) is 2. The number of unbranched alkanes of at least 4 members (excludes halogenated alkanes) is 1. The Hall–Kier alpha value is -0.830. The lowest BCUT2D eigenvalue weighted by atomic mass is 10.2. The van der Waals surface area contributed by atoms with E-state index in [9.17, 15) is 0 Å². The summed E-state index contributed by atoms with van der Waals surface area (Å²) in [5.74, 6) is 0. The van der Waals surface area contributed by atoms with Crippen LogP contribution in [0.5, 0.6) is 0 Å². The molecule has 84 valence electrons. The van der Waals surface area contributed by atoms with E-state index < -0.39 is 0 Å². The van der Waals surface area contributed by atoms with Crippen molar-refractivity contribution in [2.75, 3.05) is 6.61 Å². The predicted molar refractivity (Wildman–Crippen MR) is 59.8 cm³/mol. The molecule has 1 N–H and O–H groups in total. The van der Waals surface area contributed by atoms with Gasteiger partial charge >= 0.3 is 0 Å². The molecule has 1 aliphatic rings. The van der Waals surface area contributed by atoms with Gasteiger partial charge in [-0.2, -0.15) is 5.10 Å². The van der Waals surface area contributed by atoms with E-state index in [0.29, 0.717) is 12.6 Å². The quantitative estimate of drug-likeness (QED) is 0.754. The fourth-order valence-corrected chi connectivity index (χ4v) is 2.30. The van der Waals surface area contributed by atoms with Crippen LogP contribution in [0.4, 0.5) is 0 Å². The van der Waals surface area contributed by atoms with Crippen molar-refractivity contribution < 1.29 is 5.11 Å². The summed E-state index contributed by atoms with van der Waals surface area (Å²) in [6.07, 6.45) is 10.3. The van der Waals surface area contributed by atoms with Gasteiger partial charge in [0.25, 0.3) is 0 Å². The number of nitrogens with zero attached hydrogens (tertiary/aromatic N) is 2. The minimum absolute atomic E-state index is 0.295. The highest BCUT2D eigenvalue weighted by atomic mass is 16.2. The van der Waals surface area contributed by atoms with Gasteiger partial charge in [-0.05, 0) is 38.2 Å². The zero-order valence-electron chi connectivity index (χ0n) is 9.23. The van der Waals surface area contributed by atoms with Gasteiger partial charge in [0.1, 0.15) is 0 Å². The van der Waals surface area contributed by atoms with Crippen molar-refractivity contribution in [3.8, 4) is 0 Å². The lowest BCUT2D eigenvalue weighted by Gasteiger charge is -2.08. The van der Waals surface area contributed by atoms with Crippen LogP contribution in [0, 0.1) is 0 Å². The van der Waals surface area contributed by atoms with E-state index in [4.69, 9.17) is 5.11 Å². The predicted octanol–water partition coefficient (Wildman–Crippen LogP) is 2.31. The zero-order valence-corrected chi connectivity index (χ0v) is 9.23. The van der Waals surface area contributed by atoms with Gasteiger partial charge in [0, 0.05) is 12.8 Å². The minimum atomic E-state index is 0.295. The summed E-state index contributed by atoms with van der Waals surface area (Å²) < 4.78 is 2.14. The number of hydrogen-bond donors (Lipinski definition) is 1. The van der Waals surface area contributed by atoms with E-state index in [-0.39, 0.29) is 0 Å². The SMILES string of the molecule is OCCCCc1ccn(C2CCCC2)n1. The first-order valence-electron chi connectivity index (χ1n) is 6.05. The van der Waals surface area contributed by atoms with E-state index in [0.717, 1.165) is 19.3 Å². The molecule has 0 radical (unpaired) electrons. The second-order valence-electron chi connectivity index (χ2n) is 4.41. The van der Waals surface area contributed by atoms with Crippen LogP contribution in [0.2, 0.25) is 0 Å². The van der Waals surface area contributed by atoms with Crippen LogP contribution in [0.25, 0.3) is 0 Å². The average molecular weight is 208 g/mol.